The van der Waals surface area contributed by atoms with Crippen LogP contribution in [-0.2, 0) is 6.54 Å². The van der Waals surface area contributed by atoms with Gasteiger partial charge < -0.3 is 14.6 Å². The molecule has 0 saturated carbocycles. The van der Waals surface area contributed by atoms with Gasteiger partial charge in [-0.15, -0.1) is 0 Å². The van der Waals surface area contributed by atoms with Gasteiger partial charge in [-0.3, -0.25) is 9.89 Å². The number of aromatic nitrogens is 1. The van der Waals surface area contributed by atoms with Crippen LogP contribution in [0.1, 0.15) is 50.0 Å². The molecule has 1 aromatic heterocycles. The van der Waals surface area contributed by atoms with E-state index in [0.717, 1.165) is 74.4 Å². The highest BCUT2D eigenvalue weighted by Crippen LogP contribution is 2.20. The molecule has 1 aromatic rings. The summed E-state index contributed by atoms with van der Waals surface area (Å²) < 4.78 is 5.73. The Hall–Kier alpha value is -1.56. The number of aliphatic imine (C=N–C) groups is 1. The molecule has 1 unspecified atom stereocenters. The van der Waals surface area contributed by atoms with Gasteiger partial charge in [-0.1, -0.05) is 6.92 Å². The Morgan fingerprint density at radius 2 is 2.00 bits per heavy atom. The number of rotatable bonds is 4. The molecule has 2 aliphatic heterocycles. The van der Waals surface area contributed by atoms with E-state index >= 15 is 0 Å². The lowest BCUT2D eigenvalue weighted by Gasteiger charge is -2.35. The van der Waals surface area contributed by atoms with Crippen molar-refractivity contribution in [2.24, 2.45) is 16.8 Å². The Balaban J connectivity index is 1.40. The minimum absolute atomic E-state index is 0.721. The van der Waals surface area contributed by atoms with Gasteiger partial charge in [0.25, 0.3) is 0 Å². The Morgan fingerprint density at radius 1 is 1.23 bits per heavy atom. The highest BCUT2D eigenvalue weighted by Gasteiger charge is 2.23. The predicted molar refractivity (Wildman–Crippen MR) is 105 cm³/mol. The van der Waals surface area contributed by atoms with Crippen LogP contribution in [0.2, 0.25) is 0 Å². The van der Waals surface area contributed by atoms with Crippen molar-refractivity contribution in [3.8, 4) is 0 Å². The summed E-state index contributed by atoms with van der Waals surface area (Å²) in [5.41, 5.74) is 1.01. The van der Waals surface area contributed by atoms with Crippen LogP contribution in [0, 0.1) is 25.7 Å². The van der Waals surface area contributed by atoms with E-state index < -0.39 is 0 Å². The van der Waals surface area contributed by atoms with Gasteiger partial charge >= 0.3 is 0 Å². The van der Waals surface area contributed by atoms with Gasteiger partial charge in [-0.2, -0.15) is 0 Å². The molecule has 0 aromatic carbocycles. The summed E-state index contributed by atoms with van der Waals surface area (Å²) in [5, 5.41) is 3.63. The van der Waals surface area contributed by atoms with Crippen LogP contribution < -0.4 is 5.32 Å². The van der Waals surface area contributed by atoms with E-state index in [1.54, 1.807) is 0 Å². The average molecular weight is 362 g/mol. The van der Waals surface area contributed by atoms with E-state index in [1.165, 1.54) is 25.7 Å². The molecule has 0 aliphatic carbocycles. The number of hydrogen-bond donors (Lipinski definition) is 1. The summed E-state index contributed by atoms with van der Waals surface area (Å²) in [6.07, 6.45) is 5.06. The third-order valence-electron chi connectivity index (χ3n) is 5.86. The summed E-state index contributed by atoms with van der Waals surface area (Å²) in [6, 6.07) is 0. The topological polar surface area (TPSA) is 56.9 Å². The quantitative estimate of drug-likeness (QED) is 0.660. The normalized spacial score (nSPS) is 23.5. The number of guanidine groups is 1. The standard InChI is InChI=1S/C20H35N5O/c1-15-6-5-9-25(13-15)20(21-4)22-12-18-7-10-24(11-8-18)14-19-23-16(2)17(3)26-19/h15,18H,5-14H2,1-4H3,(H,21,22). The fourth-order valence-electron chi connectivity index (χ4n) is 4.10. The molecule has 0 radical (unpaired) electrons. The Morgan fingerprint density at radius 3 is 2.62 bits per heavy atom. The van der Waals surface area contributed by atoms with Crippen LogP contribution in [-0.4, -0.2) is 60.5 Å². The molecule has 3 rings (SSSR count). The van der Waals surface area contributed by atoms with Gasteiger partial charge in [0.05, 0.1) is 12.2 Å². The number of piperidine rings is 2. The lowest BCUT2D eigenvalue weighted by molar-refractivity contribution is 0.163. The van der Waals surface area contributed by atoms with Gasteiger partial charge in [0.2, 0.25) is 5.89 Å². The van der Waals surface area contributed by atoms with Crippen molar-refractivity contribution >= 4 is 5.96 Å². The van der Waals surface area contributed by atoms with E-state index in [1.807, 2.05) is 20.9 Å². The second-order valence-corrected chi connectivity index (χ2v) is 8.09. The maximum atomic E-state index is 5.73. The Bertz CT molecular complexity index is 584. The van der Waals surface area contributed by atoms with Crippen molar-refractivity contribution in [2.45, 2.75) is 53.0 Å². The third-order valence-corrected chi connectivity index (χ3v) is 5.86. The Labute approximate surface area is 158 Å². The first-order chi connectivity index (χ1) is 12.5. The van der Waals surface area contributed by atoms with Gasteiger partial charge in [-0.05, 0) is 64.5 Å². The molecule has 2 fully saturated rings. The monoisotopic (exact) mass is 361 g/mol. The number of hydrogen-bond acceptors (Lipinski definition) is 4. The second kappa shape index (κ2) is 8.89. The van der Waals surface area contributed by atoms with E-state index in [9.17, 15) is 0 Å². The number of oxazole rings is 1. The smallest absolute Gasteiger partial charge is 0.208 e. The van der Waals surface area contributed by atoms with Crippen LogP contribution in [0.3, 0.4) is 0 Å². The van der Waals surface area contributed by atoms with Crippen molar-refractivity contribution in [3.63, 3.8) is 0 Å². The van der Waals surface area contributed by atoms with Crippen molar-refractivity contribution in [1.29, 1.82) is 0 Å². The van der Waals surface area contributed by atoms with Crippen molar-refractivity contribution in [2.75, 3.05) is 39.8 Å². The van der Waals surface area contributed by atoms with Gasteiger partial charge in [-0.25, -0.2) is 4.98 Å². The molecule has 3 heterocycles. The molecule has 2 saturated heterocycles. The molecule has 1 N–H and O–H groups in total. The summed E-state index contributed by atoms with van der Waals surface area (Å²) in [4.78, 5) is 13.9. The number of likely N-dealkylation sites (tertiary alicyclic amines) is 2. The van der Waals surface area contributed by atoms with Gasteiger partial charge in [0, 0.05) is 26.7 Å². The highest BCUT2D eigenvalue weighted by molar-refractivity contribution is 5.79. The molecular weight excluding hydrogens is 326 g/mol. The molecule has 0 amide bonds. The largest absolute Gasteiger partial charge is 0.444 e. The number of nitrogens with zero attached hydrogens (tertiary/aromatic N) is 4. The summed E-state index contributed by atoms with van der Waals surface area (Å²) >= 11 is 0. The predicted octanol–water partition coefficient (Wildman–Crippen LogP) is 2.81. The van der Waals surface area contributed by atoms with Crippen molar-refractivity contribution in [3.05, 3.63) is 17.3 Å². The molecule has 0 bridgehead atoms. The van der Waals surface area contributed by atoms with Gasteiger partial charge in [0.1, 0.15) is 5.76 Å². The molecular formula is C20H35N5O. The molecule has 26 heavy (non-hydrogen) atoms. The fraction of sp³-hybridized carbons (Fsp3) is 0.800. The fourth-order valence-corrected chi connectivity index (χ4v) is 4.10. The zero-order valence-electron chi connectivity index (χ0n) is 16.9. The zero-order valence-corrected chi connectivity index (χ0v) is 16.9. The Kier molecular flexibility index (Phi) is 6.57. The van der Waals surface area contributed by atoms with Crippen molar-refractivity contribution in [1.82, 2.24) is 20.1 Å². The molecule has 6 nitrogen and oxygen atoms in total. The van der Waals surface area contributed by atoms with Crippen LogP contribution in [0.4, 0.5) is 0 Å². The average Bonchev–Trinajstić information content (AvgIpc) is 2.94. The minimum atomic E-state index is 0.721. The number of nitrogens with one attached hydrogen (secondary N) is 1. The lowest BCUT2D eigenvalue weighted by Crippen LogP contribution is -2.48. The van der Waals surface area contributed by atoms with Crippen LogP contribution in [0.5, 0.6) is 0 Å². The minimum Gasteiger partial charge on any atom is -0.444 e. The first-order valence-corrected chi connectivity index (χ1v) is 10.2. The zero-order chi connectivity index (χ0) is 18.5. The summed E-state index contributed by atoms with van der Waals surface area (Å²) in [7, 11) is 1.91. The maximum absolute atomic E-state index is 5.73. The lowest BCUT2D eigenvalue weighted by atomic mass is 9.96. The molecule has 146 valence electrons. The SMILES string of the molecule is CN=C(NCC1CCN(Cc2nc(C)c(C)o2)CC1)N1CCCC(C)C1. The molecule has 0 spiro atoms. The summed E-state index contributed by atoms with van der Waals surface area (Å²) in [5.74, 6) is 4.38. The first kappa shape index (κ1) is 19.2. The van der Waals surface area contributed by atoms with E-state index in [2.05, 4.69) is 32.0 Å². The maximum Gasteiger partial charge on any atom is 0.208 e. The first-order valence-electron chi connectivity index (χ1n) is 10.2. The van der Waals surface area contributed by atoms with Crippen molar-refractivity contribution < 1.29 is 4.42 Å². The van der Waals surface area contributed by atoms with Crippen LogP contribution >= 0.6 is 0 Å². The van der Waals surface area contributed by atoms with E-state index in [-0.39, 0.29) is 0 Å². The summed E-state index contributed by atoms with van der Waals surface area (Å²) in [6.45, 7) is 12.7. The molecule has 1 atom stereocenters. The van der Waals surface area contributed by atoms with E-state index in [4.69, 9.17) is 4.42 Å². The third kappa shape index (κ3) is 5.00. The molecule has 6 heteroatoms. The molecule has 2 aliphatic rings. The van der Waals surface area contributed by atoms with Crippen LogP contribution in [0.25, 0.3) is 0 Å². The van der Waals surface area contributed by atoms with E-state index in [0.29, 0.717) is 0 Å². The number of aryl methyl sites for hydroxylation is 2. The highest BCUT2D eigenvalue weighted by atomic mass is 16.4. The van der Waals surface area contributed by atoms with Crippen LogP contribution in [0.15, 0.2) is 9.41 Å². The van der Waals surface area contributed by atoms with Gasteiger partial charge in [0.15, 0.2) is 5.96 Å². The second-order valence-electron chi connectivity index (χ2n) is 8.09.